The molecular weight excluding hydrogens is 351 g/mol. The zero-order chi connectivity index (χ0) is 18.9. The molecule has 2 atom stereocenters. The summed E-state index contributed by atoms with van der Waals surface area (Å²) in [5.74, 6) is -1.83. The fourth-order valence-electron chi connectivity index (χ4n) is 3.01. The van der Waals surface area contributed by atoms with E-state index in [4.69, 9.17) is 5.11 Å². The highest BCUT2D eigenvalue weighted by Crippen LogP contribution is 2.30. The van der Waals surface area contributed by atoms with Gasteiger partial charge in [0.15, 0.2) is 5.69 Å². The third-order valence-corrected chi connectivity index (χ3v) is 4.38. The number of nitrogens with one attached hydrogen (secondary N) is 1. The van der Waals surface area contributed by atoms with E-state index >= 15 is 0 Å². The molecule has 0 unspecified atom stereocenters. The molecule has 1 heterocycles. The second-order valence-electron chi connectivity index (χ2n) is 6.21. The Morgan fingerprint density at radius 3 is 2.65 bits per heavy atom. The topological polar surface area (TPSA) is 84.2 Å². The first-order valence-corrected chi connectivity index (χ1v) is 8.01. The lowest BCUT2D eigenvalue weighted by atomic mass is 10.1. The highest BCUT2D eigenvalue weighted by Gasteiger charge is 2.32. The first-order valence-electron chi connectivity index (χ1n) is 8.01. The summed E-state index contributed by atoms with van der Waals surface area (Å²) in [6.07, 6.45) is -1.64. The average Bonchev–Trinajstić information content (AvgIpc) is 3.23. The van der Waals surface area contributed by atoms with Crippen molar-refractivity contribution in [2.24, 2.45) is 5.92 Å². The van der Waals surface area contributed by atoms with E-state index in [0.717, 1.165) is 12.1 Å². The molecule has 1 aromatic carbocycles. The molecule has 2 N–H and O–H groups in total. The molecule has 6 nitrogen and oxygen atoms in total. The van der Waals surface area contributed by atoms with Crippen molar-refractivity contribution in [3.05, 3.63) is 47.8 Å². The van der Waals surface area contributed by atoms with Gasteiger partial charge in [0.25, 0.3) is 5.91 Å². The van der Waals surface area contributed by atoms with Crippen molar-refractivity contribution in [3.8, 4) is 5.69 Å². The van der Waals surface area contributed by atoms with Crippen molar-refractivity contribution >= 4 is 11.9 Å². The lowest BCUT2D eigenvalue weighted by Gasteiger charge is -2.11. The molecule has 1 amide bonds. The Morgan fingerprint density at radius 2 is 2.00 bits per heavy atom. The summed E-state index contributed by atoms with van der Waals surface area (Å²) < 4.78 is 39.6. The standard InChI is InChI=1S/C17H16F3N3O3/c18-17(19,20)11-2-1-3-13(9-11)23-7-6-14(22-23)15(24)21-12-5-4-10(8-12)16(25)26/h1-3,6-7,9-10,12H,4-5,8H2,(H,21,24)(H,25,26)/t10-,12+/m0/s1. The molecule has 1 fully saturated rings. The molecule has 1 aromatic heterocycles. The van der Waals surface area contributed by atoms with Crippen molar-refractivity contribution in [1.29, 1.82) is 0 Å². The summed E-state index contributed by atoms with van der Waals surface area (Å²) >= 11 is 0. The van der Waals surface area contributed by atoms with Gasteiger partial charge in [0.2, 0.25) is 0 Å². The largest absolute Gasteiger partial charge is 0.481 e. The number of nitrogens with zero attached hydrogens (tertiary/aromatic N) is 2. The molecule has 0 saturated heterocycles. The van der Waals surface area contributed by atoms with Gasteiger partial charge in [-0.05, 0) is 43.5 Å². The molecule has 26 heavy (non-hydrogen) atoms. The van der Waals surface area contributed by atoms with Crippen molar-refractivity contribution < 1.29 is 27.9 Å². The number of rotatable bonds is 4. The van der Waals surface area contributed by atoms with Gasteiger partial charge in [-0.25, -0.2) is 4.68 Å². The van der Waals surface area contributed by atoms with E-state index in [1.54, 1.807) is 0 Å². The van der Waals surface area contributed by atoms with Crippen molar-refractivity contribution in [1.82, 2.24) is 15.1 Å². The normalized spacial score (nSPS) is 20.1. The molecule has 138 valence electrons. The van der Waals surface area contributed by atoms with Gasteiger partial charge in [-0.1, -0.05) is 6.07 Å². The number of carboxylic acids is 1. The molecule has 3 rings (SSSR count). The van der Waals surface area contributed by atoms with Gasteiger partial charge in [0.05, 0.1) is 17.2 Å². The monoisotopic (exact) mass is 367 g/mol. The maximum absolute atomic E-state index is 12.8. The second-order valence-corrected chi connectivity index (χ2v) is 6.21. The van der Waals surface area contributed by atoms with E-state index in [2.05, 4.69) is 10.4 Å². The Kier molecular flexibility index (Phi) is 4.71. The average molecular weight is 367 g/mol. The third-order valence-electron chi connectivity index (χ3n) is 4.38. The Morgan fingerprint density at radius 1 is 1.23 bits per heavy atom. The van der Waals surface area contributed by atoms with E-state index in [0.29, 0.717) is 19.3 Å². The van der Waals surface area contributed by atoms with Gasteiger partial charge in [0, 0.05) is 12.2 Å². The summed E-state index contributed by atoms with van der Waals surface area (Å²) in [4.78, 5) is 23.2. The van der Waals surface area contributed by atoms with E-state index in [1.165, 1.54) is 29.1 Å². The number of benzene rings is 1. The quantitative estimate of drug-likeness (QED) is 0.870. The minimum Gasteiger partial charge on any atom is -0.481 e. The third kappa shape index (κ3) is 3.87. The van der Waals surface area contributed by atoms with Crippen LogP contribution in [0.15, 0.2) is 36.5 Å². The number of hydrogen-bond donors (Lipinski definition) is 2. The van der Waals surface area contributed by atoms with Gasteiger partial charge in [-0.15, -0.1) is 0 Å². The van der Waals surface area contributed by atoms with Crippen LogP contribution in [-0.4, -0.2) is 32.8 Å². The molecule has 9 heteroatoms. The smallest absolute Gasteiger partial charge is 0.416 e. The molecule has 1 aliphatic rings. The number of alkyl halides is 3. The van der Waals surface area contributed by atoms with Gasteiger partial charge >= 0.3 is 12.1 Å². The number of carbonyl (C=O) groups is 2. The van der Waals surface area contributed by atoms with Crippen LogP contribution in [0.5, 0.6) is 0 Å². The minimum absolute atomic E-state index is 0.0567. The van der Waals surface area contributed by atoms with Crippen molar-refractivity contribution in [2.45, 2.75) is 31.5 Å². The highest BCUT2D eigenvalue weighted by atomic mass is 19.4. The molecule has 1 aliphatic carbocycles. The molecule has 0 bridgehead atoms. The van der Waals surface area contributed by atoms with Crippen LogP contribution in [0.25, 0.3) is 5.69 Å². The molecule has 0 radical (unpaired) electrons. The number of amides is 1. The zero-order valence-electron chi connectivity index (χ0n) is 13.5. The van der Waals surface area contributed by atoms with Gasteiger partial charge in [-0.3, -0.25) is 9.59 Å². The number of aliphatic carboxylic acids is 1. The Balaban J connectivity index is 1.70. The van der Waals surface area contributed by atoms with Gasteiger partial charge < -0.3 is 10.4 Å². The number of carboxylic acid groups (broad SMARTS) is 1. The Labute approximate surface area is 146 Å². The summed E-state index contributed by atoms with van der Waals surface area (Å²) in [5, 5.41) is 15.7. The van der Waals surface area contributed by atoms with E-state index in [1.807, 2.05) is 0 Å². The lowest BCUT2D eigenvalue weighted by Crippen LogP contribution is -2.33. The predicted octanol–water partition coefficient (Wildman–Crippen LogP) is 2.87. The lowest BCUT2D eigenvalue weighted by molar-refractivity contribution is -0.141. The minimum atomic E-state index is -4.47. The van der Waals surface area contributed by atoms with Crippen LogP contribution in [0.4, 0.5) is 13.2 Å². The number of halogens is 3. The fourth-order valence-corrected chi connectivity index (χ4v) is 3.01. The van der Waals surface area contributed by atoms with Crippen LogP contribution in [0.2, 0.25) is 0 Å². The SMILES string of the molecule is O=C(N[C@@H]1CC[C@H](C(=O)O)C1)c1ccn(-c2cccc(C(F)(F)F)c2)n1. The first kappa shape index (κ1) is 18.0. The molecule has 0 spiro atoms. The van der Waals surface area contributed by atoms with Gasteiger partial charge in [-0.2, -0.15) is 18.3 Å². The first-order chi connectivity index (χ1) is 12.2. The number of hydrogen-bond acceptors (Lipinski definition) is 3. The highest BCUT2D eigenvalue weighted by molar-refractivity contribution is 5.92. The van der Waals surface area contributed by atoms with E-state index in [9.17, 15) is 22.8 Å². The Bertz CT molecular complexity index is 832. The maximum Gasteiger partial charge on any atom is 0.416 e. The van der Waals surface area contributed by atoms with Gasteiger partial charge in [0.1, 0.15) is 0 Å². The molecule has 1 saturated carbocycles. The molecule has 2 aromatic rings. The molecular formula is C17H16F3N3O3. The fraction of sp³-hybridized carbons (Fsp3) is 0.353. The van der Waals surface area contributed by atoms with Crippen LogP contribution in [0.3, 0.4) is 0 Å². The van der Waals surface area contributed by atoms with E-state index in [-0.39, 0.29) is 17.4 Å². The maximum atomic E-state index is 12.8. The zero-order valence-corrected chi connectivity index (χ0v) is 13.5. The van der Waals surface area contributed by atoms with Crippen molar-refractivity contribution in [2.75, 3.05) is 0 Å². The number of aromatic nitrogens is 2. The van der Waals surface area contributed by atoms with Crippen LogP contribution in [0.1, 0.15) is 35.3 Å². The Hall–Kier alpha value is -2.84. The summed E-state index contributed by atoms with van der Waals surface area (Å²) in [6.45, 7) is 0. The second kappa shape index (κ2) is 6.81. The summed E-state index contributed by atoms with van der Waals surface area (Å²) in [5.41, 5.74) is -0.561. The van der Waals surface area contributed by atoms with Crippen LogP contribution in [-0.2, 0) is 11.0 Å². The summed E-state index contributed by atoms with van der Waals surface area (Å²) in [6, 6.07) is 5.78. The predicted molar refractivity (Wildman–Crippen MR) is 84.8 cm³/mol. The van der Waals surface area contributed by atoms with Crippen molar-refractivity contribution in [3.63, 3.8) is 0 Å². The summed E-state index contributed by atoms with van der Waals surface area (Å²) in [7, 11) is 0. The van der Waals surface area contributed by atoms with Crippen LogP contribution in [0, 0.1) is 5.92 Å². The van der Waals surface area contributed by atoms with Crippen LogP contribution >= 0.6 is 0 Å². The molecule has 0 aliphatic heterocycles. The van der Waals surface area contributed by atoms with Crippen LogP contribution < -0.4 is 5.32 Å². The van der Waals surface area contributed by atoms with E-state index < -0.39 is 29.5 Å². The number of carbonyl (C=O) groups excluding carboxylic acids is 1.